The van der Waals surface area contributed by atoms with Crippen molar-refractivity contribution in [2.24, 2.45) is 4.99 Å². The fourth-order valence-electron chi connectivity index (χ4n) is 4.35. The lowest BCUT2D eigenvalue weighted by Crippen LogP contribution is -2.33. The van der Waals surface area contributed by atoms with Crippen molar-refractivity contribution in [3.63, 3.8) is 0 Å². The van der Waals surface area contributed by atoms with E-state index in [0.717, 1.165) is 6.54 Å². The standard InChI is InChI=1S/C28H27FN4O4/c1-32(2)12-13-33(3)28(35)17-4-8-20(9-5-17)30-26(18-6-11-23-24(14-18)37-16-36-23)25-21-10-7-19(29)15-22(21)31-27(25)34/h4-11,14-15,25H,12-13,16H2,1-3H3,(H,31,34). The molecule has 9 heteroatoms. The highest BCUT2D eigenvalue weighted by molar-refractivity contribution is 6.24. The number of nitrogens with one attached hydrogen (secondary N) is 1. The van der Waals surface area contributed by atoms with Crippen molar-refractivity contribution >= 4 is 28.9 Å². The van der Waals surface area contributed by atoms with E-state index in [0.29, 0.717) is 51.8 Å². The van der Waals surface area contributed by atoms with Gasteiger partial charge in [0.05, 0.1) is 11.4 Å². The first-order valence-corrected chi connectivity index (χ1v) is 11.9. The van der Waals surface area contributed by atoms with Gasteiger partial charge < -0.3 is 24.6 Å². The minimum atomic E-state index is -0.755. The molecule has 0 fully saturated rings. The van der Waals surface area contributed by atoms with Gasteiger partial charge in [0.2, 0.25) is 12.7 Å². The maximum absolute atomic E-state index is 13.8. The van der Waals surface area contributed by atoms with Crippen LogP contribution < -0.4 is 14.8 Å². The number of ether oxygens (including phenoxy) is 2. The number of likely N-dealkylation sites (N-methyl/N-ethyl adjacent to an activating group) is 2. The topological polar surface area (TPSA) is 83.5 Å². The van der Waals surface area contributed by atoms with Crippen LogP contribution >= 0.6 is 0 Å². The van der Waals surface area contributed by atoms with E-state index >= 15 is 0 Å². The monoisotopic (exact) mass is 502 g/mol. The van der Waals surface area contributed by atoms with Gasteiger partial charge in [0.15, 0.2) is 11.5 Å². The zero-order valence-electron chi connectivity index (χ0n) is 20.8. The number of hydrogen-bond acceptors (Lipinski definition) is 6. The average Bonchev–Trinajstić information content (AvgIpc) is 3.48. The highest BCUT2D eigenvalue weighted by atomic mass is 19.1. The van der Waals surface area contributed by atoms with Crippen LogP contribution in [0.15, 0.2) is 65.7 Å². The van der Waals surface area contributed by atoms with Crippen molar-refractivity contribution in [1.29, 1.82) is 0 Å². The molecule has 1 unspecified atom stereocenters. The molecule has 1 atom stereocenters. The van der Waals surface area contributed by atoms with Gasteiger partial charge in [-0.25, -0.2) is 4.39 Å². The number of carbonyl (C=O) groups is 2. The zero-order chi connectivity index (χ0) is 26.1. The van der Waals surface area contributed by atoms with Crippen LogP contribution in [0.5, 0.6) is 11.5 Å². The molecule has 0 aliphatic carbocycles. The largest absolute Gasteiger partial charge is 0.454 e. The summed E-state index contributed by atoms with van der Waals surface area (Å²) in [5.41, 5.74) is 3.32. The maximum Gasteiger partial charge on any atom is 0.253 e. The molecule has 37 heavy (non-hydrogen) atoms. The number of halogens is 1. The van der Waals surface area contributed by atoms with Crippen LogP contribution in [-0.2, 0) is 4.79 Å². The van der Waals surface area contributed by atoms with Gasteiger partial charge in [-0.05, 0) is 74.3 Å². The molecule has 0 spiro atoms. The van der Waals surface area contributed by atoms with Crippen LogP contribution in [0.25, 0.3) is 0 Å². The molecule has 2 amide bonds. The number of rotatable bonds is 7. The Hall–Kier alpha value is -4.24. The maximum atomic E-state index is 13.8. The quantitative estimate of drug-likeness (QED) is 0.493. The predicted molar refractivity (Wildman–Crippen MR) is 138 cm³/mol. The summed E-state index contributed by atoms with van der Waals surface area (Å²) in [6, 6.07) is 16.6. The van der Waals surface area contributed by atoms with Crippen molar-refractivity contribution in [2.45, 2.75) is 5.92 Å². The van der Waals surface area contributed by atoms with Crippen molar-refractivity contribution in [3.8, 4) is 11.5 Å². The highest BCUT2D eigenvalue weighted by Crippen LogP contribution is 2.39. The molecule has 3 aromatic carbocycles. The van der Waals surface area contributed by atoms with Crippen LogP contribution in [0.1, 0.15) is 27.4 Å². The smallest absolute Gasteiger partial charge is 0.253 e. The van der Waals surface area contributed by atoms with E-state index in [-0.39, 0.29) is 18.6 Å². The van der Waals surface area contributed by atoms with Crippen LogP contribution in [0, 0.1) is 5.82 Å². The molecule has 190 valence electrons. The molecule has 2 aliphatic rings. The molecule has 1 N–H and O–H groups in total. The Kier molecular flexibility index (Phi) is 6.62. The minimum absolute atomic E-state index is 0.0838. The van der Waals surface area contributed by atoms with Gasteiger partial charge in [0.1, 0.15) is 11.7 Å². The molecule has 2 aliphatic heterocycles. The number of anilines is 1. The molecule has 8 nitrogen and oxygen atoms in total. The van der Waals surface area contributed by atoms with Gasteiger partial charge in [-0.2, -0.15) is 0 Å². The minimum Gasteiger partial charge on any atom is -0.454 e. The third-order valence-corrected chi connectivity index (χ3v) is 6.38. The Morgan fingerprint density at radius 3 is 2.46 bits per heavy atom. The second-order valence-electron chi connectivity index (χ2n) is 9.30. The Bertz CT molecular complexity index is 1390. The molecule has 0 radical (unpaired) electrons. The number of amides is 2. The summed E-state index contributed by atoms with van der Waals surface area (Å²) in [7, 11) is 5.69. The lowest BCUT2D eigenvalue weighted by molar-refractivity contribution is -0.115. The number of nitrogens with zero attached hydrogens (tertiary/aromatic N) is 3. The van der Waals surface area contributed by atoms with Crippen molar-refractivity contribution in [1.82, 2.24) is 9.80 Å². The van der Waals surface area contributed by atoms with Crippen LogP contribution in [0.4, 0.5) is 15.8 Å². The summed E-state index contributed by atoms with van der Waals surface area (Å²) in [6.07, 6.45) is 0. The van der Waals surface area contributed by atoms with E-state index in [1.165, 1.54) is 12.1 Å². The third kappa shape index (κ3) is 5.03. The van der Waals surface area contributed by atoms with Gasteiger partial charge >= 0.3 is 0 Å². The molecule has 3 aromatic rings. The van der Waals surface area contributed by atoms with E-state index in [2.05, 4.69) is 5.32 Å². The predicted octanol–water partition coefficient (Wildman–Crippen LogP) is 4.04. The lowest BCUT2D eigenvalue weighted by Gasteiger charge is -2.19. The Labute approximate surface area is 214 Å². The first-order chi connectivity index (χ1) is 17.8. The first-order valence-electron chi connectivity index (χ1n) is 11.9. The summed E-state index contributed by atoms with van der Waals surface area (Å²) >= 11 is 0. The summed E-state index contributed by atoms with van der Waals surface area (Å²) in [6.45, 7) is 1.49. The van der Waals surface area contributed by atoms with Gasteiger partial charge in [-0.1, -0.05) is 6.07 Å². The van der Waals surface area contributed by atoms with Crippen LogP contribution in [0.2, 0.25) is 0 Å². The van der Waals surface area contributed by atoms with Crippen LogP contribution in [-0.4, -0.2) is 68.4 Å². The van der Waals surface area contributed by atoms with Crippen molar-refractivity contribution < 1.29 is 23.5 Å². The molecular formula is C28H27FN4O4. The second-order valence-corrected chi connectivity index (χ2v) is 9.30. The number of carbonyl (C=O) groups excluding carboxylic acids is 2. The van der Waals surface area contributed by atoms with Gasteiger partial charge in [0.25, 0.3) is 5.91 Å². The van der Waals surface area contributed by atoms with E-state index in [4.69, 9.17) is 14.5 Å². The normalized spacial score (nSPS) is 16.1. The highest BCUT2D eigenvalue weighted by Gasteiger charge is 2.36. The third-order valence-electron chi connectivity index (χ3n) is 6.38. The zero-order valence-corrected chi connectivity index (χ0v) is 20.8. The molecule has 0 aromatic heterocycles. The fourth-order valence-corrected chi connectivity index (χ4v) is 4.35. The Balaban J connectivity index is 1.51. The SMILES string of the molecule is CN(C)CCN(C)C(=O)c1ccc(N=C(c2ccc3c(c2)OCO3)C2C(=O)Nc3cc(F)ccc32)cc1. The second kappa shape index (κ2) is 10.0. The fraction of sp³-hybridized carbons (Fsp3) is 0.250. The van der Waals surface area contributed by atoms with Crippen LogP contribution in [0.3, 0.4) is 0 Å². The van der Waals surface area contributed by atoms with E-state index < -0.39 is 11.7 Å². The molecule has 0 saturated heterocycles. The van der Waals surface area contributed by atoms with Gasteiger partial charge in [0, 0.05) is 37.0 Å². The number of benzene rings is 3. The first kappa shape index (κ1) is 24.5. The average molecular weight is 503 g/mol. The molecule has 0 bridgehead atoms. The Morgan fingerprint density at radius 1 is 0.973 bits per heavy atom. The van der Waals surface area contributed by atoms with Gasteiger partial charge in [-0.15, -0.1) is 0 Å². The van der Waals surface area contributed by atoms with Crippen molar-refractivity contribution in [2.75, 3.05) is 46.3 Å². The molecular weight excluding hydrogens is 475 g/mol. The molecule has 0 saturated carbocycles. The van der Waals surface area contributed by atoms with E-state index in [1.807, 2.05) is 25.1 Å². The van der Waals surface area contributed by atoms with E-state index in [9.17, 15) is 14.0 Å². The molecule has 2 heterocycles. The lowest BCUT2D eigenvalue weighted by atomic mass is 9.90. The molecule has 5 rings (SSSR count). The summed E-state index contributed by atoms with van der Waals surface area (Å²) in [5.74, 6) is -0.398. The summed E-state index contributed by atoms with van der Waals surface area (Å²) in [4.78, 5) is 34.4. The summed E-state index contributed by atoms with van der Waals surface area (Å²) < 4.78 is 24.8. The van der Waals surface area contributed by atoms with Crippen molar-refractivity contribution in [3.05, 3.63) is 83.2 Å². The van der Waals surface area contributed by atoms with E-state index in [1.54, 1.807) is 54.4 Å². The van der Waals surface area contributed by atoms with Gasteiger partial charge in [-0.3, -0.25) is 14.6 Å². The number of fused-ring (bicyclic) bond motifs is 2. The summed E-state index contributed by atoms with van der Waals surface area (Å²) in [5, 5.41) is 2.76. The number of hydrogen-bond donors (Lipinski definition) is 1. The Morgan fingerprint density at radius 2 is 1.70 bits per heavy atom. The number of aliphatic imine (C=N–C) groups is 1.